The molecule has 23 nitrogen and oxygen atoms in total. The Morgan fingerprint density at radius 3 is 1.62 bits per heavy atom. The van der Waals surface area contributed by atoms with E-state index in [4.69, 9.17) is 34.0 Å². The summed E-state index contributed by atoms with van der Waals surface area (Å²) < 4.78 is 31.8. The SMILES string of the molecule is CC(NC(=O)CCOCCOCCOCCOCCN=[N+]=[N-])C(=O)NC(C)C(=O)NC(CC(=O)NC(c1ccccc1)(c1ccccc1)c1ccccc1)C(=O)Nc1ccc(COC(=O)Oc2ccc([N+](=O)[O-])cc2)cc1. The fourth-order valence-electron chi connectivity index (χ4n) is 7.41. The number of carbonyl (C=O) groups is 6. The summed E-state index contributed by atoms with van der Waals surface area (Å²) in [4.78, 5) is 93.9. The monoisotopic (exact) mass is 1060 g/mol. The van der Waals surface area contributed by atoms with Crippen LogP contribution in [0.3, 0.4) is 0 Å². The summed E-state index contributed by atoms with van der Waals surface area (Å²) in [7, 11) is 0. The van der Waals surface area contributed by atoms with Crippen LogP contribution in [-0.4, -0.2) is 118 Å². The quantitative estimate of drug-likeness (QED) is 0.00379. The van der Waals surface area contributed by atoms with Gasteiger partial charge >= 0.3 is 6.16 Å². The lowest BCUT2D eigenvalue weighted by Crippen LogP contribution is -2.56. The van der Waals surface area contributed by atoms with Gasteiger partial charge in [-0.1, -0.05) is 108 Å². The predicted molar refractivity (Wildman–Crippen MR) is 280 cm³/mol. The van der Waals surface area contributed by atoms with Gasteiger partial charge in [0.25, 0.3) is 5.69 Å². The molecule has 5 amide bonds. The highest BCUT2D eigenvalue weighted by molar-refractivity contribution is 6.01. The van der Waals surface area contributed by atoms with Crippen molar-refractivity contribution < 1.29 is 62.1 Å². The van der Waals surface area contributed by atoms with Crippen LogP contribution in [0.5, 0.6) is 5.75 Å². The van der Waals surface area contributed by atoms with Crippen LogP contribution < -0.4 is 31.3 Å². The van der Waals surface area contributed by atoms with Gasteiger partial charge in [-0.25, -0.2) is 4.79 Å². The first-order chi connectivity index (χ1) is 37.3. The predicted octanol–water partition coefficient (Wildman–Crippen LogP) is 6.01. The lowest BCUT2D eigenvalue weighted by molar-refractivity contribution is -0.384. The summed E-state index contributed by atoms with van der Waals surface area (Å²) in [5.74, 6) is -3.36. The number of rotatable bonds is 32. The van der Waals surface area contributed by atoms with E-state index in [1.807, 2.05) is 91.0 Å². The minimum atomic E-state index is -1.51. The second kappa shape index (κ2) is 31.9. The number of azide groups is 1. The van der Waals surface area contributed by atoms with Crippen molar-refractivity contribution in [2.45, 2.75) is 57.0 Å². The number of amides is 5. The number of non-ortho nitro benzene ring substituents is 1. The van der Waals surface area contributed by atoms with Crippen molar-refractivity contribution in [2.75, 3.05) is 64.7 Å². The fourth-order valence-corrected chi connectivity index (χ4v) is 7.41. The first-order valence-electron chi connectivity index (χ1n) is 24.5. The van der Waals surface area contributed by atoms with Crippen LogP contribution >= 0.6 is 0 Å². The minimum Gasteiger partial charge on any atom is -0.429 e. The molecule has 0 heterocycles. The molecule has 5 rings (SSSR count). The van der Waals surface area contributed by atoms with Crippen molar-refractivity contribution in [3.05, 3.63) is 182 Å². The number of benzene rings is 5. The molecule has 0 fully saturated rings. The highest BCUT2D eigenvalue weighted by Crippen LogP contribution is 2.37. The zero-order chi connectivity index (χ0) is 55.3. The molecule has 0 aliphatic carbocycles. The molecule has 5 N–H and O–H groups in total. The van der Waals surface area contributed by atoms with Crippen molar-refractivity contribution in [1.82, 2.24) is 21.3 Å². The van der Waals surface area contributed by atoms with E-state index in [2.05, 4.69) is 36.6 Å². The van der Waals surface area contributed by atoms with Gasteiger partial charge in [-0.2, -0.15) is 0 Å². The van der Waals surface area contributed by atoms with E-state index < -0.39 is 70.7 Å². The third-order valence-corrected chi connectivity index (χ3v) is 11.3. The topological polar surface area (TPSA) is 310 Å². The zero-order valence-electron chi connectivity index (χ0n) is 42.5. The molecule has 3 unspecified atom stereocenters. The Kier molecular flexibility index (Phi) is 24.5. The summed E-state index contributed by atoms with van der Waals surface area (Å²) in [6.45, 7) is 5.04. The molecule has 5 aromatic carbocycles. The summed E-state index contributed by atoms with van der Waals surface area (Å²) in [6, 6.07) is 35.1. The maximum atomic E-state index is 14.6. The van der Waals surface area contributed by atoms with Gasteiger partial charge < -0.3 is 55.0 Å². The lowest BCUT2D eigenvalue weighted by atomic mass is 9.77. The van der Waals surface area contributed by atoms with Crippen molar-refractivity contribution in [3.8, 4) is 5.75 Å². The number of hydrogen-bond acceptors (Lipinski definition) is 15. The number of anilines is 1. The molecule has 0 bridgehead atoms. The Balaban J connectivity index is 1.19. The summed E-state index contributed by atoms with van der Waals surface area (Å²) in [5.41, 5.74) is 9.70. The normalized spacial score (nSPS) is 12.1. The van der Waals surface area contributed by atoms with Crippen LogP contribution in [0.1, 0.15) is 48.9 Å². The molecule has 0 aromatic heterocycles. The maximum absolute atomic E-state index is 14.6. The molecule has 0 aliphatic rings. The third-order valence-electron chi connectivity index (χ3n) is 11.3. The van der Waals surface area contributed by atoms with E-state index in [-0.39, 0.29) is 56.5 Å². The van der Waals surface area contributed by atoms with Crippen LogP contribution in [0.2, 0.25) is 0 Å². The average Bonchev–Trinajstić information content (AvgIpc) is 3.48. The number of nitro groups is 1. The lowest BCUT2D eigenvalue weighted by Gasteiger charge is -2.37. The van der Waals surface area contributed by atoms with Gasteiger partial charge in [-0.3, -0.25) is 34.1 Å². The van der Waals surface area contributed by atoms with Crippen molar-refractivity contribution in [3.63, 3.8) is 0 Å². The number of hydrogen-bond donors (Lipinski definition) is 5. The van der Waals surface area contributed by atoms with Gasteiger partial charge in [0, 0.05) is 35.7 Å². The van der Waals surface area contributed by atoms with Crippen LogP contribution in [0.25, 0.3) is 10.4 Å². The van der Waals surface area contributed by atoms with E-state index in [1.165, 1.54) is 50.2 Å². The average molecular weight is 1060 g/mol. The first-order valence-corrected chi connectivity index (χ1v) is 24.5. The Morgan fingerprint density at radius 1 is 0.610 bits per heavy atom. The molecule has 0 aliphatic heterocycles. The molecular formula is C54H61N9O14. The second-order valence-electron chi connectivity index (χ2n) is 16.9. The number of nitro benzene ring substituents is 1. The second-order valence-corrected chi connectivity index (χ2v) is 16.9. The van der Waals surface area contributed by atoms with Gasteiger partial charge in [0.15, 0.2) is 0 Å². The van der Waals surface area contributed by atoms with Crippen molar-refractivity contribution in [1.29, 1.82) is 0 Å². The van der Waals surface area contributed by atoms with E-state index in [0.717, 1.165) is 0 Å². The summed E-state index contributed by atoms with van der Waals surface area (Å²) in [5, 5.41) is 28.0. The van der Waals surface area contributed by atoms with Gasteiger partial charge in [-0.05, 0) is 65.9 Å². The van der Waals surface area contributed by atoms with Crippen LogP contribution in [0.15, 0.2) is 145 Å². The van der Waals surface area contributed by atoms with E-state index in [1.54, 1.807) is 12.1 Å². The molecule has 77 heavy (non-hydrogen) atoms. The van der Waals surface area contributed by atoms with Crippen LogP contribution in [0.4, 0.5) is 16.2 Å². The Morgan fingerprint density at radius 2 is 1.10 bits per heavy atom. The molecule has 0 saturated heterocycles. The third kappa shape index (κ3) is 19.8. The standard InChI is InChI=1S/C54H61N9O14/c1-38(57-48(64)26-28-72-30-32-74-34-35-75-33-31-73-29-27-56-62-55)50(66)58-39(2)51(67)60-47(52(68)59-44-20-18-40(19-21-44)37-76-53(69)77-46-24-22-45(23-25-46)63(70)71)36-49(65)61-54(41-12-6-3-7-13-41,42-14-8-4-9-15-42)43-16-10-5-11-17-43/h3-25,38-39,47H,26-37H2,1-2H3,(H,57,64)(H,58,66)(H,59,68)(H,60,67)(H,61,65). The molecule has 23 heteroatoms. The molecule has 406 valence electrons. The summed E-state index contributed by atoms with van der Waals surface area (Å²) in [6.07, 6.45) is -1.69. The van der Waals surface area contributed by atoms with Gasteiger partial charge in [-0.15, -0.1) is 0 Å². The number of nitrogens with zero attached hydrogens (tertiary/aromatic N) is 4. The molecule has 3 atom stereocenters. The van der Waals surface area contributed by atoms with Crippen LogP contribution in [-0.2, 0) is 59.8 Å². The van der Waals surface area contributed by atoms with Gasteiger partial charge in [0.2, 0.25) is 29.5 Å². The highest BCUT2D eigenvalue weighted by Gasteiger charge is 2.39. The molecular weight excluding hydrogens is 999 g/mol. The fraction of sp³-hybridized carbons (Fsp3) is 0.333. The molecule has 0 spiro atoms. The van der Waals surface area contributed by atoms with Crippen molar-refractivity contribution in [2.24, 2.45) is 5.11 Å². The summed E-state index contributed by atoms with van der Waals surface area (Å²) >= 11 is 0. The number of ether oxygens (including phenoxy) is 6. The van der Waals surface area contributed by atoms with Gasteiger partial charge in [0.1, 0.15) is 36.0 Å². The Labute approximate surface area is 444 Å². The molecule has 0 saturated carbocycles. The van der Waals surface area contributed by atoms with Crippen molar-refractivity contribution >= 4 is 47.1 Å². The van der Waals surface area contributed by atoms with E-state index in [9.17, 15) is 38.9 Å². The Hall–Kier alpha value is -8.73. The minimum absolute atomic E-state index is 0.0351. The number of nitrogens with one attached hydrogen (secondary N) is 5. The molecule has 5 aromatic rings. The van der Waals surface area contributed by atoms with E-state index in [0.29, 0.717) is 55.3 Å². The maximum Gasteiger partial charge on any atom is 0.514 e. The van der Waals surface area contributed by atoms with Crippen LogP contribution in [0, 0.1) is 10.1 Å². The smallest absolute Gasteiger partial charge is 0.429 e. The highest BCUT2D eigenvalue weighted by atomic mass is 16.7. The largest absolute Gasteiger partial charge is 0.514 e. The Bertz CT molecular complexity index is 2640. The first kappa shape index (κ1) is 59.2. The number of carbonyl (C=O) groups excluding carboxylic acids is 6. The molecule has 0 radical (unpaired) electrons. The van der Waals surface area contributed by atoms with Gasteiger partial charge in [0.05, 0.1) is 64.2 Å². The zero-order valence-corrected chi connectivity index (χ0v) is 42.5. The van der Waals surface area contributed by atoms with E-state index >= 15 is 0 Å².